The van der Waals surface area contributed by atoms with Crippen LogP contribution in [-0.2, 0) is 14.3 Å². The van der Waals surface area contributed by atoms with Gasteiger partial charge in [-0.25, -0.2) is 4.39 Å². The molecular formula is C23H31FN2O4. The van der Waals surface area contributed by atoms with E-state index in [1.54, 1.807) is 11.8 Å². The van der Waals surface area contributed by atoms with Crippen molar-refractivity contribution in [1.29, 1.82) is 0 Å². The molecule has 0 bridgehead atoms. The van der Waals surface area contributed by atoms with E-state index in [1.165, 1.54) is 24.3 Å². The van der Waals surface area contributed by atoms with Gasteiger partial charge in [-0.15, -0.1) is 0 Å². The van der Waals surface area contributed by atoms with E-state index in [1.807, 2.05) is 18.7 Å². The topological polar surface area (TPSA) is 66.9 Å². The molecule has 7 heteroatoms. The van der Waals surface area contributed by atoms with E-state index in [0.29, 0.717) is 31.5 Å². The molecule has 2 heterocycles. The molecule has 2 aliphatic rings. The van der Waals surface area contributed by atoms with Gasteiger partial charge in [0.2, 0.25) is 0 Å². The van der Waals surface area contributed by atoms with Crippen molar-refractivity contribution in [1.82, 2.24) is 9.80 Å². The molecule has 0 aromatic heterocycles. The smallest absolute Gasteiger partial charge is 0.309 e. The van der Waals surface area contributed by atoms with E-state index >= 15 is 0 Å². The second-order valence-corrected chi connectivity index (χ2v) is 8.53. The van der Waals surface area contributed by atoms with Crippen molar-refractivity contribution in [3.8, 4) is 0 Å². The van der Waals surface area contributed by atoms with E-state index in [-0.39, 0.29) is 41.6 Å². The van der Waals surface area contributed by atoms with E-state index in [4.69, 9.17) is 4.74 Å². The highest BCUT2D eigenvalue weighted by Crippen LogP contribution is 2.25. The Morgan fingerprint density at radius 1 is 1.00 bits per heavy atom. The Labute approximate surface area is 177 Å². The quantitative estimate of drug-likeness (QED) is 0.703. The predicted octanol–water partition coefficient (Wildman–Crippen LogP) is 3.40. The van der Waals surface area contributed by atoms with Gasteiger partial charge in [0.05, 0.1) is 5.92 Å². The number of likely N-dealkylation sites (tertiary alicyclic amines) is 2. The zero-order valence-electron chi connectivity index (χ0n) is 18.0. The summed E-state index contributed by atoms with van der Waals surface area (Å²) < 4.78 is 18.6. The third-order valence-corrected chi connectivity index (χ3v) is 6.30. The largest absolute Gasteiger partial charge is 0.452 e. The highest BCUT2D eigenvalue weighted by molar-refractivity contribution is 5.94. The summed E-state index contributed by atoms with van der Waals surface area (Å²) in [6.07, 6.45) is 3.22. The number of rotatable bonds is 4. The second kappa shape index (κ2) is 9.58. The maximum atomic E-state index is 13.1. The van der Waals surface area contributed by atoms with Crippen LogP contribution in [0.4, 0.5) is 4.39 Å². The van der Waals surface area contributed by atoms with Crippen LogP contribution in [0.5, 0.6) is 0 Å². The molecule has 0 N–H and O–H groups in total. The van der Waals surface area contributed by atoms with Gasteiger partial charge in [-0.3, -0.25) is 14.4 Å². The van der Waals surface area contributed by atoms with Crippen LogP contribution in [0.15, 0.2) is 24.3 Å². The fourth-order valence-electron chi connectivity index (χ4n) is 4.48. The molecule has 3 rings (SSSR count). The van der Waals surface area contributed by atoms with Gasteiger partial charge in [0.1, 0.15) is 5.82 Å². The van der Waals surface area contributed by atoms with Gasteiger partial charge in [0.15, 0.2) is 6.10 Å². The summed E-state index contributed by atoms with van der Waals surface area (Å²) in [4.78, 5) is 41.5. The maximum absolute atomic E-state index is 13.1. The number of hydrogen-bond acceptors (Lipinski definition) is 4. The Kier molecular flexibility index (Phi) is 7.10. The summed E-state index contributed by atoms with van der Waals surface area (Å²) in [7, 11) is 0. The molecule has 164 valence electrons. The minimum absolute atomic E-state index is 0.132. The SMILES string of the molecule is C[C@@H]1CCC[C@H](C)N1C(=O)[C@@H](C)OC(=O)C1CCN(C(=O)c2ccc(F)cc2)CC1. The molecular weight excluding hydrogens is 387 g/mol. The molecule has 0 spiro atoms. The molecule has 2 aliphatic heterocycles. The average Bonchev–Trinajstić information content (AvgIpc) is 2.73. The molecule has 2 fully saturated rings. The van der Waals surface area contributed by atoms with Crippen LogP contribution >= 0.6 is 0 Å². The van der Waals surface area contributed by atoms with Gasteiger partial charge in [-0.2, -0.15) is 0 Å². The first-order chi connectivity index (χ1) is 14.3. The summed E-state index contributed by atoms with van der Waals surface area (Å²) in [6.45, 7) is 6.57. The Balaban J connectivity index is 1.50. The van der Waals surface area contributed by atoms with Gasteiger partial charge in [-0.1, -0.05) is 0 Å². The highest BCUT2D eigenvalue weighted by atomic mass is 19.1. The Bertz CT molecular complexity index is 764. The number of carbonyl (C=O) groups is 3. The number of hydrogen-bond donors (Lipinski definition) is 0. The van der Waals surface area contributed by atoms with Gasteiger partial charge in [0, 0.05) is 30.7 Å². The molecule has 1 aromatic carbocycles. The number of piperidine rings is 2. The molecule has 30 heavy (non-hydrogen) atoms. The Hall–Kier alpha value is -2.44. The number of nitrogens with zero attached hydrogens (tertiary/aromatic N) is 2. The number of benzene rings is 1. The zero-order valence-corrected chi connectivity index (χ0v) is 18.0. The van der Waals surface area contributed by atoms with Crippen molar-refractivity contribution in [2.45, 2.75) is 71.1 Å². The molecule has 0 radical (unpaired) electrons. The molecule has 6 nitrogen and oxygen atoms in total. The van der Waals surface area contributed by atoms with Crippen molar-refractivity contribution in [3.05, 3.63) is 35.6 Å². The van der Waals surface area contributed by atoms with Gasteiger partial charge < -0.3 is 14.5 Å². The molecule has 0 unspecified atom stereocenters. The van der Waals surface area contributed by atoms with Crippen LogP contribution in [0.2, 0.25) is 0 Å². The first-order valence-corrected chi connectivity index (χ1v) is 10.9. The Morgan fingerprint density at radius 2 is 1.57 bits per heavy atom. The van der Waals surface area contributed by atoms with Crippen molar-refractivity contribution in [2.24, 2.45) is 5.92 Å². The fourth-order valence-corrected chi connectivity index (χ4v) is 4.48. The summed E-state index contributed by atoms with van der Waals surface area (Å²) in [5.41, 5.74) is 0.432. The van der Waals surface area contributed by atoms with E-state index in [9.17, 15) is 18.8 Å². The molecule has 0 saturated carbocycles. The van der Waals surface area contributed by atoms with Crippen molar-refractivity contribution in [2.75, 3.05) is 13.1 Å². The lowest BCUT2D eigenvalue weighted by atomic mass is 9.96. The van der Waals surface area contributed by atoms with Crippen molar-refractivity contribution < 1.29 is 23.5 Å². The predicted molar refractivity (Wildman–Crippen MR) is 110 cm³/mol. The molecule has 2 saturated heterocycles. The first-order valence-electron chi connectivity index (χ1n) is 10.9. The van der Waals surface area contributed by atoms with Crippen LogP contribution in [0, 0.1) is 11.7 Å². The highest BCUT2D eigenvalue weighted by Gasteiger charge is 2.35. The number of halogens is 1. The number of amides is 2. The van der Waals surface area contributed by atoms with Crippen LogP contribution in [-0.4, -0.2) is 58.9 Å². The minimum Gasteiger partial charge on any atom is -0.452 e. The summed E-state index contributed by atoms with van der Waals surface area (Å²) in [5.74, 6) is -1.38. The summed E-state index contributed by atoms with van der Waals surface area (Å²) in [5, 5.41) is 0. The third kappa shape index (κ3) is 4.99. The van der Waals surface area contributed by atoms with Crippen LogP contribution in [0.1, 0.15) is 63.2 Å². The molecule has 3 atom stereocenters. The number of esters is 1. The Morgan fingerprint density at radius 3 is 2.13 bits per heavy atom. The standard InChI is InChI=1S/C23H31FN2O4/c1-15-5-4-6-16(2)26(15)21(27)17(3)30-23(29)19-11-13-25(14-12-19)22(28)18-7-9-20(24)10-8-18/h7-10,15-17,19H,4-6,11-14H2,1-3H3/t15-,16+,17-/m1/s1. The summed E-state index contributed by atoms with van der Waals surface area (Å²) in [6, 6.07) is 5.77. The monoisotopic (exact) mass is 418 g/mol. The normalized spacial score (nSPS) is 23.7. The van der Waals surface area contributed by atoms with Crippen molar-refractivity contribution >= 4 is 17.8 Å². The summed E-state index contributed by atoms with van der Waals surface area (Å²) >= 11 is 0. The van der Waals surface area contributed by atoms with Crippen molar-refractivity contribution in [3.63, 3.8) is 0 Å². The van der Waals surface area contributed by atoms with Gasteiger partial charge in [0.25, 0.3) is 11.8 Å². The zero-order chi connectivity index (χ0) is 21.8. The van der Waals surface area contributed by atoms with E-state index in [0.717, 1.165) is 19.3 Å². The number of ether oxygens (including phenoxy) is 1. The van der Waals surface area contributed by atoms with Gasteiger partial charge in [-0.05, 0) is 77.1 Å². The molecule has 0 aliphatic carbocycles. The second-order valence-electron chi connectivity index (χ2n) is 8.53. The lowest BCUT2D eigenvalue weighted by Gasteiger charge is -2.40. The average molecular weight is 419 g/mol. The fraction of sp³-hybridized carbons (Fsp3) is 0.609. The van der Waals surface area contributed by atoms with E-state index < -0.39 is 6.10 Å². The van der Waals surface area contributed by atoms with Crippen LogP contribution in [0.25, 0.3) is 0 Å². The number of carbonyl (C=O) groups excluding carboxylic acids is 3. The lowest BCUT2D eigenvalue weighted by Crippen LogP contribution is -2.52. The third-order valence-electron chi connectivity index (χ3n) is 6.30. The van der Waals surface area contributed by atoms with E-state index in [2.05, 4.69) is 0 Å². The first kappa shape index (κ1) is 22.2. The lowest BCUT2D eigenvalue weighted by molar-refractivity contribution is -0.166. The van der Waals surface area contributed by atoms with Gasteiger partial charge >= 0.3 is 5.97 Å². The maximum Gasteiger partial charge on any atom is 0.309 e. The minimum atomic E-state index is -0.806. The van der Waals surface area contributed by atoms with Crippen LogP contribution < -0.4 is 0 Å². The van der Waals surface area contributed by atoms with Crippen LogP contribution in [0.3, 0.4) is 0 Å². The molecule has 1 aromatic rings. The molecule has 2 amide bonds.